The van der Waals surface area contributed by atoms with Crippen molar-refractivity contribution in [2.24, 2.45) is 4.99 Å². The summed E-state index contributed by atoms with van der Waals surface area (Å²) in [4.78, 5) is 4.27. The van der Waals surface area contributed by atoms with Crippen molar-refractivity contribution in [2.75, 3.05) is 34.0 Å². The van der Waals surface area contributed by atoms with E-state index >= 15 is 0 Å². The molecule has 2 aromatic carbocycles. The van der Waals surface area contributed by atoms with Crippen LogP contribution < -0.4 is 20.1 Å². The lowest BCUT2D eigenvalue weighted by Gasteiger charge is -2.18. The molecule has 2 aromatic rings. The number of benzene rings is 2. The Labute approximate surface area is 154 Å². The van der Waals surface area contributed by atoms with Gasteiger partial charge in [0.2, 0.25) is 6.79 Å². The van der Waals surface area contributed by atoms with Gasteiger partial charge in [-0.1, -0.05) is 36.4 Å². The molecule has 6 nitrogen and oxygen atoms in total. The van der Waals surface area contributed by atoms with Crippen molar-refractivity contribution in [1.82, 2.24) is 10.6 Å². The molecule has 6 heteroatoms. The van der Waals surface area contributed by atoms with Crippen molar-refractivity contribution in [3.05, 3.63) is 59.7 Å². The average molecular weight is 355 g/mol. The van der Waals surface area contributed by atoms with Gasteiger partial charge in [-0.3, -0.25) is 4.99 Å². The number of hydrogen-bond acceptors (Lipinski definition) is 4. The molecular formula is C20H25N3O3. The molecule has 0 saturated heterocycles. The first-order chi connectivity index (χ1) is 12.8. The SMILES string of the molecule is CN=C(NCCc1ccc2c(c1)OCO2)NCC(OC)c1ccccc1. The van der Waals surface area contributed by atoms with Crippen LogP contribution in [0.1, 0.15) is 17.2 Å². The molecule has 0 saturated carbocycles. The first-order valence-electron chi connectivity index (χ1n) is 8.71. The number of nitrogens with zero attached hydrogens (tertiary/aromatic N) is 1. The maximum atomic E-state index is 5.58. The molecule has 2 N–H and O–H groups in total. The minimum Gasteiger partial charge on any atom is -0.454 e. The van der Waals surface area contributed by atoms with Gasteiger partial charge in [0.05, 0.1) is 6.10 Å². The second kappa shape index (κ2) is 9.10. The first-order valence-corrected chi connectivity index (χ1v) is 8.71. The third kappa shape index (κ3) is 4.67. The number of rotatable bonds is 7. The molecule has 1 atom stereocenters. The molecule has 138 valence electrons. The number of hydrogen-bond donors (Lipinski definition) is 2. The predicted octanol–water partition coefficient (Wildman–Crippen LogP) is 2.51. The number of methoxy groups -OCH3 is 1. The summed E-state index contributed by atoms with van der Waals surface area (Å²) in [5.74, 6) is 2.38. The Kier molecular flexibility index (Phi) is 6.33. The highest BCUT2D eigenvalue weighted by molar-refractivity contribution is 5.79. The van der Waals surface area contributed by atoms with E-state index in [4.69, 9.17) is 14.2 Å². The predicted molar refractivity (Wildman–Crippen MR) is 102 cm³/mol. The first kappa shape index (κ1) is 18.1. The highest BCUT2D eigenvalue weighted by Gasteiger charge is 2.13. The maximum Gasteiger partial charge on any atom is 0.231 e. The van der Waals surface area contributed by atoms with E-state index in [1.54, 1.807) is 14.2 Å². The fourth-order valence-corrected chi connectivity index (χ4v) is 2.84. The molecule has 0 aromatic heterocycles. The monoisotopic (exact) mass is 355 g/mol. The van der Waals surface area contributed by atoms with Crippen LogP contribution >= 0.6 is 0 Å². The Morgan fingerprint density at radius 3 is 2.69 bits per heavy atom. The van der Waals surface area contributed by atoms with E-state index < -0.39 is 0 Å². The lowest BCUT2D eigenvalue weighted by atomic mass is 10.1. The molecule has 0 amide bonds. The Bertz CT molecular complexity index is 734. The summed E-state index contributed by atoms with van der Waals surface area (Å²) in [6.07, 6.45) is 0.840. The normalized spacial score (nSPS) is 14.2. The molecule has 1 unspecified atom stereocenters. The van der Waals surface area contributed by atoms with Crippen molar-refractivity contribution in [3.8, 4) is 11.5 Å². The summed E-state index contributed by atoms with van der Waals surface area (Å²) in [6.45, 7) is 1.71. The molecule has 0 bridgehead atoms. The molecule has 0 aliphatic carbocycles. The van der Waals surface area contributed by atoms with Gasteiger partial charge in [-0.15, -0.1) is 0 Å². The largest absolute Gasteiger partial charge is 0.454 e. The summed E-state index contributed by atoms with van der Waals surface area (Å²) in [5.41, 5.74) is 2.33. The third-order valence-electron chi connectivity index (χ3n) is 4.28. The van der Waals surface area contributed by atoms with Crippen LogP contribution in [0.15, 0.2) is 53.5 Å². The number of nitrogens with one attached hydrogen (secondary N) is 2. The summed E-state index contributed by atoms with van der Waals surface area (Å²) in [5, 5.41) is 6.64. The maximum absolute atomic E-state index is 5.58. The van der Waals surface area contributed by atoms with Crippen molar-refractivity contribution in [2.45, 2.75) is 12.5 Å². The zero-order chi connectivity index (χ0) is 18.2. The van der Waals surface area contributed by atoms with Crippen LogP contribution in [0.2, 0.25) is 0 Å². The van der Waals surface area contributed by atoms with Gasteiger partial charge in [0, 0.05) is 27.2 Å². The van der Waals surface area contributed by atoms with Crippen LogP contribution in [0.5, 0.6) is 11.5 Å². The summed E-state index contributed by atoms with van der Waals surface area (Å²) < 4.78 is 16.3. The quantitative estimate of drug-likeness (QED) is 0.590. The smallest absolute Gasteiger partial charge is 0.231 e. The fraction of sp³-hybridized carbons (Fsp3) is 0.350. The van der Waals surface area contributed by atoms with Crippen molar-refractivity contribution >= 4 is 5.96 Å². The van der Waals surface area contributed by atoms with Gasteiger partial charge in [0.25, 0.3) is 0 Å². The molecule has 1 heterocycles. The average Bonchev–Trinajstić information content (AvgIpc) is 3.15. The molecule has 0 radical (unpaired) electrons. The number of guanidine groups is 1. The molecular weight excluding hydrogens is 330 g/mol. The zero-order valence-electron chi connectivity index (χ0n) is 15.2. The summed E-state index contributed by atoms with van der Waals surface area (Å²) in [7, 11) is 3.48. The summed E-state index contributed by atoms with van der Waals surface area (Å²) >= 11 is 0. The van der Waals surface area contributed by atoms with Crippen LogP contribution in [-0.2, 0) is 11.2 Å². The standard InChI is InChI=1S/C20H25N3O3/c1-21-20(23-13-19(24-2)16-6-4-3-5-7-16)22-11-10-15-8-9-17-18(12-15)26-14-25-17/h3-9,12,19H,10-11,13-14H2,1-2H3,(H2,21,22,23). The Balaban J connectivity index is 1.46. The second-order valence-corrected chi connectivity index (χ2v) is 5.95. The molecule has 0 fully saturated rings. The van der Waals surface area contributed by atoms with Gasteiger partial charge in [-0.05, 0) is 29.7 Å². The number of ether oxygens (including phenoxy) is 3. The number of aliphatic imine (C=N–C) groups is 1. The van der Waals surface area contributed by atoms with Crippen molar-refractivity contribution in [1.29, 1.82) is 0 Å². The van der Waals surface area contributed by atoms with Gasteiger partial charge in [0.1, 0.15) is 0 Å². The molecule has 3 rings (SSSR count). The van der Waals surface area contributed by atoms with E-state index in [-0.39, 0.29) is 6.10 Å². The molecule has 1 aliphatic rings. The van der Waals surface area contributed by atoms with Crippen molar-refractivity contribution in [3.63, 3.8) is 0 Å². The minimum atomic E-state index is -0.0244. The van der Waals surface area contributed by atoms with E-state index in [2.05, 4.69) is 33.8 Å². The van der Waals surface area contributed by atoms with Crippen molar-refractivity contribution < 1.29 is 14.2 Å². The second-order valence-electron chi connectivity index (χ2n) is 5.95. The van der Waals surface area contributed by atoms with E-state index in [0.717, 1.165) is 36.0 Å². The van der Waals surface area contributed by atoms with E-state index in [1.807, 2.05) is 30.3 Å². The van der Waals surface area contributed by atoms with Gasteiger partial charge >= 0.3 is 0 Å². The van der Waals surface area contributed by atoms with Crippen LogP contribution in [0.3, 0.4) is 0 Å². The molecule has 1 aliphatic heterocycles. The molecule has 0 spiro atoms. The lowest BCUT2D eigenvalue weighted by molar-refractivity contribution is 0.106. The Morgan fingerprint density at radius 2 is 1.92 bits per heavy atom. The lowest BCUT2D eigenvalue weighted by Crippen LogP contribution is -2.40. The van der Waals surface area contributed by atoms with Crippen LogP contribution in [0, 0.1) is 0 Å². The van der Waals surface area contributed by atoms with E-state index in [1.165, 1.54) is 5.56 Å². The zero-order valence-corrected chi connectivity index (χ0v) is 15.2. The van der Waals surface area contributed by atoms with Gasteiger partial charge < -0.3 is 24.8 Å². The van der Waals surface area contributed by atoms with Gasteiger partial charge in [-0.2, -0.15) is 0 Å². The van der Waals surface area contributed by atoms with Crippen LogP contribution in [0.4, 0.5) is 0 Å². The van der Waals surface area contributed by atoms with Gasteiger partial charge in [0.15, 0.2) is 17.5 Å². The highest BCUT2D eigenvalue weighted by atomic mass is 16.7. The highest BCUT2D eigenvalue weighted by Crippen LogP contribution is 2.32. The fourth-order valence-electron chi connectivity index (χ4n) is 2.84. The topological polar surface area (TPSA) is 64.1 Å². The Hall–Kier alpha value is -2.73. The Morgan fingerprint density at radius 1 is 1.12 bits per heavy atom. The summed E-state index contributed by atoms with van der Waals surface area (Å²) in [6, 6.07) is 16.2. The van der Waals surface area contributed by atoms with Crippen LogP contribution in [0.25, 0.3) is 0 Å². The van der Waals surface area contributed by atoms with Gasteiger partial charge in [-0.25, -0.2) is 0 Å². The molecule has 26 heavy (non-hydrogen) atoms. The van der Waals surface area contributed by atoms with E-state index in [0.29, 0.717) is 13.3 Å². The van der Waals surface area contributed by atoms with Crippen LogP contribution in [-0.4, -0.2) is 40.0 Å². The minimum absolute atomic E-state index is 0.0244. The third-order valence-corrected chi connectivity index (χ3v) is 4.28. The van der Waals surface area contributed by atoms with E-state index in [9.17, 15) is 0 Å². The number of fused-ring (bicyclic) bond motifs is 1.